The van der Waals surface area contributed by atoms with Crippen LogP contribution < -0.4 is 0 Å². The van der Waals surface area contributed by atoms with Crippen LogP contribution in [0.2, 0.25) is 0 Å². The molecule has 0 bridgehead atoms. The molecule has 5 heteroatoms. The van der Waals surface area contributed by atoms with Crippen LogP contribution in [0.25, 0.3) is 10.9 Å². The molecule has 1 heterocycles. The Hall–Kier alpha value is -1.85. The first-order chi connectivity index (χ1) is 8.63. The van der Waals surface area contributed by atoms with E-state index in [1.54, 1.807) is 17.9 Å². The third-order valence-electron chi connectivity index (χ3n) is 2.75. The summed E-state index contributed by atoms with van der Waals surface area (Å²) >= 11 is 0. The number of hydrogen-bond donors (Lipinski definition) is 1. The number of methoxy groups -OCH3 is 1. The van der Waals surface area contributed by atoms with Gasteiger partial charge in [-0.15, -0.1) is 0 Å². The number of fused-ring (bicyclic) bond motifs is 1. The van der Waals surface area contributed by atoms with E-state index in [1.807, 2.05) is 25.2 Å². The molecule has 0 amide bonds. The number of aromatic nitrogens is 1. The lowest BCUT2D eigenvalue weighted by atomic mass is 10.1. The minimum atomic E-state index is -0.921. The van der Waals surface area contributed by atoms with E-state index in [9.17, 15) is 4.79 Å². The molecule has 96 valence electrons. The molecule has 5 nitrogen and oxygen atoms in total. The second-order valence-electron chi connectivity index (χ2n) is 4.07. The van der Waals surface area contributed by atoms with Crippen LogP contribution >= 0.6 is 0 Å². The SMILES string of the molecule is COCOCc1ccc2c(c1)c(C(=O)O)cn2C. The van der Waals surface area contributed by atoms with E-state index in [4.69, 9.17) is 14.6 Å². The number of aromatic carboxylic acids is 1. The van der Waals surface area contributed by atoms with E-state index in [0.717, 1.165) is 16.5 Å². The number of benzene rings is 1. The van der Waals surface area contributed by atoms with Gasteiger partial charge in [0.05, 0.1) is 12.2 Å². The lowest BCUT2D eigenvalue weighted by Crippen LogP contribution is -1.97. The summed E-state index contributed by atoms with van der Waals surface area (Å²) in [4.78, 5) is 11.1. The first-order valence-corrected chi connectivity index (χ1v) is 5.51. The minimum absolute atomic E-state index is 0.221. The fourth-order valence-corrected chi connectivity index (χ4v) is 1.94. The molecule has 2 rings (SSSR count). The number of rotatable bonds is 5. The van der Waals surface area contributed by atoms with Crippen LogP contribution in [0.4, 0.5) is 0 Å². The Labute approximate surface area is 105 Å². The molecule has 0 saturated heterocycles. The van der Waals surface area contributed by atoms with Gasteiger partial charge in [0.15, 0.2) is 0 Å². The van der Waals surface area contributed by atoms with Crippen LogP contribution in [0.3, 0.4) is 0 Å². The molecule has 0 fully saturated rings. The molecule has 0 aliphatic carbocycles. The van der Waals surface area contributed by atoms with Gasteiger partial charge in [-0.3, -0.25) is 0 Å². The van der Waals surface area contributed by atoms with Crippen molar-refractivity contribution < 1.29 is 19.4 Å². The van der Waals surface area contributed by atoms with E-state index in [1.165, 1.54) is 0 Å². The van der Waals surface area contributed by atoms with E-state index in [2.05, 4.69) is 0 Å². The predicted molar refractivity (Wildman–Crippen MR) is 66.5 cm³/mol. The second-order valence-corrected chi connectivity index (χ2v) is 4.07. The lowest BCUT2D eigenvalue weighted by Gasteiger charge is -2.04. The summed E-state index contributed by atoms with van der Waals surface area (Å²) in [5.74, 6) is -0.921. The fraction of sp³-hybridized carbons (Fsp3) is 0.308. The third-order valence-corrected chi connectivity index (χ3v) is 2.75. The van der Waals surface area contributed by atoms with Crippen LogP contribution in [-0.2, 0) is 23.1 Å². The number of hydrogen-bond acceptors (Lipinski definition) is 3. The molecule has 1 aromatic carbocycles. The largest absolute Gasteiger partial charge is 0.478 e. The Balaban J connectivity index is 2.36. The maximum atomic E-state index is 11.1. The average molecular weight is 249 g/mol. The second kappa shape index (κ2) is 5.20. The van der Waals surface area contributed by atoms with E-state index >= 15 is 0 Å². The highest BCUT2D eigenvalue weighted by Crippen LogP contribution is 2.22. The Morgan fingerprint density at radius 2 is 2.22 bits per heavy atom. The zero-order valence-electron chi connectivity index (χ0n) is 10.3. The van der Waals surface area contributed by atoms with E-state index < -0.39 is 5.97 Å². The lowest BCUT2D eigenvalue weighted by molar-refractivity contribution is -0.0390. The predicted octanol–water partition coefficient (Wildman–Crippen LogP) is 2.00. The molecule has 0 radical (unpaired) electrons. The van der Waals surface area contributed by atoms with Gasteiger partial charge in [-0.1, -0.05) is 6.07 Å². The monoisotopic (exact) mass is 249 g/mol. The van der Waals surface area contributed by atoms with Gasteiger partial charge in [-0.25, -0.2) is 4.79 Å². The standard InChI is InChI=1S/C13H15NO4/c1-14-6-11(13(15)16)10-5-9(3-4-12(10)14)7-18-8-17-2/h3-6H,7-8H2,1-2H3,(H,15,16). The number of carboxylic acid groups (broad SMARTS) is 1. The molecular weight excluding hydrogens is 234 g/mol. The summed E-state index contributed by atoms with van der Waals surface area (Å²) in [6.07, 6.45) is 1.62. The van der Waals surface area contributed by atoms with Crippen molar-refractivity contribution in [2.24, 2.45) is 7.05 Å². The molecular formula is C13H15NO4. The van der Waals surface area contributed by atoms with Crippen molar-refractivity contribution >= 4 is 16.9 Å². The average Bonchev–Trinajstić information content (AvgIpc) is 2.67. The van der Waals surface area contributed by atoms with Crippen molar-refractivity contribution in [3.63, 3.8) is 0 Å². The summed E-state index contributed by atoms with van der Waals surface area (Å²) in [7, 11) is 3.39. The third kappa shape index (κ3) is 2.37. The minimum Gasteiger partial charge on any atom is -0.478 e. The smallest absolute Gasteiger partial charge is 0.337 e. The zero-order chi connectivity index (χ0) is 13.1. The summed E-state index contributed by atoms with van der Waals surface area (Å²) in [6, 6.07) is 5.66. The number of nitrogens with zero attached hydrogens (tertiary/aromatic N) is 1. The first-order valence-electron chi connectivity index (χ1n) is 5.51. The van der Waals surface area contributed by atoms with Gasteiger partial charge < -0.3 is 19.1 Å². The van der Waals surface area contributed by atoms with Crippen LogP contribution in [0.15, 0.2) is 24.4 Å². The molecule has 0 aliphatic heterocycles. The molecule has 0 spiro atoms. The van der Waals surface area contributed by atoms with Crippen LogP contribution in [0.5, 0.6) is 0 Å². The molecule has 1 N–H and O–H groups in total. The summed E-state index contributed by atoms with van der Waals surface area (Å²) in [6.45, 7) is 0.621. The van der Waals surface area contributed by atoms with Gasteiger partial charge in [0.25, 0.3) is 0 Å². The maximum Gasteiger partial charge on any atom is 0.337 e. The topological polar surface area (TPSA) is 60.7 Å². The van der Waals surface area contributed by atoms with Crippen LogP contribution in [-0.4, -0.2) is 29.5 Å². The van der Waals surface area contributed by atoms with Crippen molar-refractivity contribution in [1.29, 1.82) is 0 Å². The zero-order valence-corrected chi connectivity index (χ0v) is 10.3. The number of ether oxygens (including phenoxy) is 2. The Bertz CT molecular complexity index is 574. The van der Waals surface area contributed by atoms with Gasteiger partial charge >= 0.3 is 5.97 Å². The molecule has 2 aromatic rings. The van der Waals surface area contributed by atoms with Crippen LogP contribution in [0, 0.1) is 0 Å². The Morgan fingerprint density at radius 1 is 1.44 bits per heavy atom. The van der Waals surface area contributed by atoms with E-state index in [-0.39, 0.29) is 6.79 Å². The summed E-state index contributed by atoms with van der Waals surface area (Å²) in [5.41, 5.74) is 2.12. The first kappa shape index (κ1) is 12.6. The van der Waals surface area contributed by atoms with Crippen molar-refractivity contribution in [1.82, 2.24) is 4.57 Å². The molecule has 0 unspecified atom stereocenters. The van der Waals surface area contributed by atoms with Gasteiger partial charge in [0.2, 0.25) is 0 Å². The van der Waals surface area contributed by atoms with Crippen LogP contribution in [0.1, 0.15) is 15.9 Å². The molecule has 0 atom stereocenters. The number of carbonyl (C=O) groups is 1. The normalized spacial score (nSPS) is 11.0. The summed E-state index contributed by atoms with van der Waals surface area (Å²) in [5, 5.41) is 9.86. The Kier molecular flexibility index (Phi) is 3.64. The Morgan fingerprint density at radius 3 is 2.89 bits per heavy atom. The van der Waals surface area contributed by atoms with Gasteiger partial charge in [-0.05, 0) is 17.7 Å². The maximum absolute atomic E-state index is 11.1. The fourth-order valence-electron chi connectivity index (χ4n) is 1.94. The highest BCUT2D eigenvalue weighted by atomic mass is 16.7. The molecule has 18 heavy (non-hydrogen) atoms. The van der Waals surface area contributed by atoms with Crippen molar-refractivity contribution in [2.45, 2.75) is 6.61 Å². The number of aryl methyl sites for hydroxylation is 1. The quantitative estimate of drug-likeness (QED) is 0.650. The van der Waals surface area contributed by atoms with Crippen molar-refractivity contribution in [2.75, 3.05) is 13.9 Å². The van der Waals surface area contributed by atoms with Gasteiger partial charge in [0, 0.05) is 31.3 Å². The van der Waals surface area contributed by atoms with Crippen molar-refractivity contribution in [3.8, 4) is 0 Å². The van der Waals surface area contributed by atoms with Gasteiger partial charge in [0.1, 0.15) is 6.79 Å². The van der Waals surface area contributed by atoms with Gasteiger partial charge in [-0.2, -0.15) is 0 Å². The number of carboxylic acids is 1. The highest BCUT2D eigenvalue weighted by Gasteiger charge is 2.12. The van der Waals surface area contributed by atoms with Crippen molar-refractivity contribution in [3.05, 3.63) is 35.5 Å². The molecule has 1 aromatic heterocycles. The molecule has 0 aliphatic rings. The molecule has 0 saturated carbocycles. The van der Waals surface area contributed by atoms with E-state index in [0.29, 0.717) is 12.2 Å². The summed E-state index contributed by atoms with van der Waals surface area (Å²) < 4.78 is 11.8. The highest BCUT2D eigenvalue weighted by molar-refractivity contribution is 6.03.